The third-order valence-corrected chi connectivity index (χ3v) is 2.77. The Morgan fingerprint density at radius 1 is 1.24 bits per heavy atom. The molecule has 0 saturated heterocycles. The molecule has 1 aromatic heterocycles. The summed E-state index contributed by atoms with van der Waals surface area (Å²) in [4.78, 5) is 0. The van der Waals surface area contributed by atoms with Gasteiger partial charge in [0.1, 0.15) is 5.75 Å². The van der Waals surface area contributed by atoms with Crippen molar-refractivity contribution in [1.29, 1.82) is 0 Å². The molecule has 114 valence electrons. The first-order chi connectivity index (χ1) is 9.83. The van der Waals surface area contributed by atoms with Crippen LogP contribution < -0.4 is 10.1 Å². The van der Waals surface area contributed by atoms with E-state index in [4.69, 9.17) is 0 Å². The van der Waals surface area contributed by atoms with E-state index in [0.717, 1.165) is 5.56 Å². The molecule has 0 saturated carbocycles. The number of rotatable bonds is 5. The lowest BCUT2D eigenvalue weighted by Crippen LogP contribution is -2.17. The van der Waals surface area contributed by atoms with Crippen LogP contribution in [0.25, 0.3) is 0 Å². The molecule has 2 rings (SSSR count). The molecule has 0 atom stereocenters. The minimum absolute atomic E-state index is 0.235. The fourth-order valence-electron chi connectivity index (χ4n) is 1.73. The van der Waals surface area contributed by atoms with Crippen molar-refractivity contribution in [1.82, 2.24) is 9.78 Å². The minimum atomic E-state index is -4.67. The molecule has 0 unspecified atom stereocenters. The lowest BCUT2D eigenvalue weighted by atomic mass is 10.3. The Hall–Kier alpha value is -2.18. The predicted molar refractivity (Wildman–Crippen MR) is 73.1 cm³/mol. The first-order valence-electron chi connectivity index (χ1n) is 6.46. The summed E-state index contributed by atoms with van der Waals surface area (Å²) < 4.78 is 41.7. The molecular weight excluding hydrogens is 283 g/mol. The summed E-state index contributed by atoms with van der Waals surface area (Å²) in [6.07, 6.45) is -0.979. The normalized spacial score (nSPS) is 11.7. The van der Waals surface area contributed by atoms with E-state index in [1.165, 1.54) is 24.3 Å². The van der Waals surface area contributed by atoms with Gasteiger partial charge in [-0.25, -0.2) is 0 Å². The molecule has 0 aliphatic carbocycles. The van der Waals surface area contributed by atoms with Crippen LogP contribution in [0.4, 0.5) is 18.9 Å². The molecule has 1 aromatic carbocycles. The number of hydrogen-bond donors (Lipinski definition) is 1. The largest absolute Gasteiger partial charge is 0.573 e. The van der Waals surface area contributed by atoms with Crippen LogP contribution in [0, 0.1) is 0 Å². The van der Waals surface area contributed by atoms with Gasteiger partial charge in [-0.2, -0.15) is 5.10 Å². The number of aromatic nitrogens is 2. The van der Waals surface area contributed by atoms with E-state index >= 15 is 0 Å². The van der Waals surface area contributed by atoms with Gasteiger partial charge in [0.15, 0.2) is 0 Å². The SMILES string of the molecule is CC(C)n1cc(CNc2ccc(OC(F)(F)F)cc2)cn1. The van der Waals surface area contributed by atoms with Gasteiger partial charge in [0, 0.05) is 30.0 Å². The molecule has 0 radical (unpaired) electrons. The van der Waals surface area contributed by atoms with Gasteiger partial charge < -0.3 is 10.1 Å². The van der Waals surface area contributed by atoms with Gasteiger partial charge >= 0.3 is 6.36 Å². The van der Waals surface area contributed by atoms with E-state index in [0.29, 0.717) is 12.2 Å². The molecule has 1 N–H and O–H groups in total. The Morgan fingerprint density at radius 2 is 1.90 bits per heavy atom. The van der Waals surface area contributed by atoms with Gasteiger partial charge in [0.2, 0.25) is 0 Å². The second kappa shape index (κ2) is 6.07. The number of alkyl halides is 3. The maximum atomic E-state index is 12.0. The number of anilines is 1. The predicted octanol–water partition coefficient (Wildman–Crippen LogP) is 3.97. The first-order valence-corrected chi connectivity index (χ1v) is 6.46. The van der Waals surface area contributed by atoms with Gasteiger partial charge in [-0.1, -0.05) is 0 Å². The lowest BCUT2D eigenvalue weighted by molar-refractivity contribution is -0.274. The van der Waals surface area contributed by atoms with E-state index in [2.05, 4.69) is 15.2 Å². The average molecular weight is 299 g/mol. The summed E-state index contributed by atoms with van der Waals surface area (Å²) in [6.45, 7) is 4.61. The minimum Gasteiger partial charge on any atom is -0.406 e. The van der Waals surface area contributed by atoms with Crippen molar-refractivity contribution in [2.24, 2.45) is 0 Å². The molecule has 21 heavy (non-hydrogen) atoms. The van der Waals surface area contributed by atoms with E-state index in [1.807, 2.05) is 24.7 Å². The molecule has 7 heteroatoms. The third kappa shape index (κ3) is 4.70. The highest BCUT2D eigenvalue weighted by molar-refractivity contribution is 5.46. The lowest BCUT2D eigenvalue weighted by Gasteiger charge is -2.10. The van der Waals surface area contributed by atoms with Crippen molar-refractivity contribution in [2.45, 2.75) is 32.8 Å². The standard InChI is InChI=1S/C14H16F3N3O/c1-10(2)20-9-11(8-19-20)7-18-12-3-5-13(6-4-12)21-14(15,16)17/h3-6,8-10,18H,7H2,1-2H3. The number of halogens is 3. The molecule has 0 fully saturated rings. The van der Waals surface area contributed by atoms with Crippen LogP contribution in [0.1, 0.15) is 25.5 Å². The summed E-state index contributed by atoms with van der Waals surface area (Å²) in [6, 6.07) is 5.90. The Morgan fingerprint density at radius 3 is 2.43 bits per heavy atom. The molecule has 0 aliphatic heterocycles. The Labute approximate surface area is 120 Å². The van der Waals surface area contributed by atoms with Crippen LogP contribution in [0.15, 0.2) is 36.7 Å². The van der Waals surface area contributed by atoms with Crippen molar-refractivity contribution >= 4 is 5.69 Å². The molecule has 0 spiro atoms. The number of ether oxygens (including phenoxy) is 1. The van der Waals surface area contributed by atoms with Gasteiger partial charge in [0.05, 0.1) is 6.20 Å². The van der Waals surface area contributed by atoms with Gasteiger partial charge in [-0.3, -0.25) is 4.68 Å². The van der Waals surface area contributed by atoms with E-state index < -0.39 is 6.36 Å². The second-order valence-electron chi connectivity index (χ2n) is 4.85. The Kier molecular flexibility index (Phi) is 4.40. The Bertz CT molecular complexity index is 576. The Balaban J connectivity index is 1.91. The van der Waals surface area contributed by atoms with Gasteiger partial charge in [-0.15, -0.1) is 13.2 Å². The molecule has 1 heterocycles. The van der Waals surface area contributed by atoms with Crippen LogP contribution >= 0.6 is 0 Å². The molecule has 0 amide bonds. The zero-order valence-electron chi connectivity index (χ0n) is 11.7. The molecule has 4 nitrogen and oxygen atoms in total. The molecule has 2 aromatic rings. The highest BCUT2D eigenvalue weighted by Gasteiger charge is 2.30. The average Bonchev–Trinajstić information content (AvgIpc) is 2.85. The monoisotopic (exact) mass is 299 g/mol. The van der Waals surface area contributed by atoms with E-state index in [-0.39, 0.29) is 11.8 Å². The fourth-order valence-corrected chi connectivity index (χ4v) is 1.73. The molecule has 0 aliphatic rings. The smallest absolute Gasteiger partial charge is 0.406 e. The van der Waals surface area contributed by atoms with Crippen molar-refractivity contribution < 1.29 is 17.9 Å². The van der Waals surface area contributed by atoms with Crippen molar-refractivity contribution in [3.63, 3.8) is 0 Å². The van der Waals surface area contributed by atoms with Crippen LogP contribution in [0.2, 0.25) is 0 Å². The summed E-state index contributed by atoms with van der Waals surface area (Å²) in [7, 11) is 0. The molecule has 0 bridgehead atoms. The fraction of sp³-hybridized carbons (Fsp3) is 0.357. The summed E-state index contributed by atoms with van der Waals surface area (Å²) in [5.74, 6) is -0.235. The summed E-state index contributed by atoms with van der Waals surface area (Å²) >= 11 is 0. The summed E-state index contributed by atoms with van der Waals surface area (Å²) in [5.41, 5.74) is 1.71. The number of nitrogens with zero attached hydrogens (tertiary/aromatic N) is 2. The topological polar surface area (TPSA) is 39.1 Å². The zero-order chi connectivity index (χ0) is 15.5. The maximum Gasteiger partial charge on any atom is 0.573 e. The first kappa shape index (κ1) is 15.2. The third-order valence-electron chi connectivity index (χ3n) is 2.77. The van der Waals surface area contributed by atoms with E-state index in [1.54, 1.807) is 6.20 Å². The number of benzene rings is 1. The number of hydrogen-bond acceptors (Lipinski definition) is 3. The van der Waals surface area contributed by atoms with Crippen LogP contribution in [0.5, 0.6) is 5.75 Å². The van der Waals surface area contributed by atoms with Crippen molar-refractivity contribution in [3.8, 4) is 5.75 Å². The van der Waals surface area contributed by atoms with Gasteiger partial charge in [-0.05, 0) is 38.1 Å². The highest BCUT2D eigenvalue weighted by Crippen LogP contribution is 2.24. The summed E-state index contributed by atoms with van der Waals surface area (Å²) in [5, 5.41) is 7.33. The number of nitrogens with one attached hydrogen (secondary N) is 1. The van der Waals surface area contributed by atoms with Crippen LogP contribution in [-0.4, -0.2) is 16.1 Å². The zero-order valence-corrected chi connectivity index (χ0v) is 11.7. The van der Waals surface area contributed by atoms with Crippen LogP contribution in [-0.2, 0) is 6.54 Å². The molecular formula is C14H16F3N3O. The van der Waals surface area contributed by atoms with E-state index in [9.17, 15) is 13.2 Å². The van der Waals surface area contributed by atoms with Crippen LogP contribution in [0.3, 0.4) is 0 Å². The van der Waals surface area contributed by atoms with Gasteiger partial charge in [0.25, 0.3) is 0 Å². The second-order valence-corrected chi connectivity index (χ2v) is 4.85. The quantitative estimate of drug-likeness (QED) is 0.908. The highest BCUT2D eigenvalue weighted by atomic mass is 19.4. The maximum absolute atomic E-state index is 12.0. The van der Waals surface area contributed by atoms with Crippen molar-refractivity contribution in [2.75, 3.05) is 5.32 Å². The van der Waals surface area contributed by atoms with Crippen molar-refractivity contribution in [3.05, 3.63) is 42.2 Å².